The molecule has 8 atom stereocenters. The Bertz CT molecular complexity index is 540. The number of rotatable bonds is 8. The summed E-state index contributed by atoms with van der Waals surface area (Å²) in [5.74, 6) is -1.30. The van der Waals surface area contributed by atoms with Crippen LogP contribution in [0.15, 0.2) is 0 Å². The van der Waals surface area contributed by atoms with Crippen LogP contribution in [0.5, 0.6) is 0 Å². The van der Waals surface area contributed by atoms with Crippen molar-refractivity contribution in [3.63, 3.8) is 0 Å². The molecule has 28 heavy (non-hydrogen) atoms. The average molecular weight is 406 g/mol. The summed E-state index contributed by atoms with van der Waals surface area (Å²) in [5, 5.41) is 0. The minimum absolute atomic E-state index is 0.0602. The van der Waals surface area contributed by atoms with Crippen LogP contribution < -0.4 is 0 Å². The molecule has 3 heterocycles. The summed E-state index contributed by atoms with van der Waals surface area (Å²) in [4.78, 5) is 12.1. The van der Waals surface area contributed by atoms with Gasteiger partial charge in [-0.25, -0.2) is 4.79 Å². The molecule has 0 amide bonds. The molecule has 3 aliphatic rings. The molecular formula is C18H30O10. The van der Waals surface area contributed by atoms with E-state index in [-0.39, 0.29) is 6.61 Å². The molecule has 0 N–H and O–H groups in total. The van der Waals surface area contributed by atoms with Gasteiger partial charge in [-0.1, -0.05) is 0 Å². The topological polar surface area (TPSA) is 100 Å². The number of esters is 1. The fraction of sp³-hybridized carbons (Fsp3) is 0.944. The van der Waals surface area contributed by atoms with Crippen LogP contribution in [0.4, 0.5) is 0 Å². The van der Waals surface area contributed by atoms with Gasteiger partial charge in [-0.05, 0) is 13.8 Å². The number of ether oxygens (including phenoxy) is 9. The quantitative estimate of drug-likeness (QED) is 0.507. The van der Waals surface area contributed by atoms with E-state index in [0.29, 0.717) is 6.61 Å². The molecule has 0 spiro atoms. The highest BCUT2D eigenvalue weighted by molar-refractivity contribution is 5.78. The standard InChI is InChI=1S/C18H30O10/c1-18(2)27-12-10(25-16(19)14(12)28-18)8-24-17-15(23-6)13(22-5)11(21-4)9(26-17)7-20-3/h9-15,17H,7-8H2,1-6H3/t9?,10-,11?,12+,13?,14+,15?,17?/m1/s1. The molecule has 162 valence electrons. The summed E-state index contributed by atoms with van der Waals surface area (Å²) in [6.07, 6.45) is -4.45. The van der Waals surface area contributed by atoms with Crippen LogP contribution in [0.3, 0.4) is 0 Å². The zero-order valence-electron chi connectivity index (χ0n) is 17.1. The van der Waals surface area contributed by atoms with Gasteiger partial charge >= 0.3 is 5.97 Å². The number of hydrogen-bond donors (Lipinski definition) is 0. The number of hydrogen-bond acceptors (Lipinski definition) is 10. The first-order valence-corrected chi connectivity index (χ1v) is 9.25. The summed E-state index contributed by atoms with van der Waals surface area (Å²) in [6.45, 7) is 3.86. The monoisotopic (exact) mass is 406 g/mol. The van der Waals surface area contributed by atoms with Crippen LogP contribution in [0.2, 0.25) is 0 Å². The molecular weight excluding hydrogens is 376 g/mol. The van der Waals surface area contributed by atoms with Crippen molar-refractivity contribution in [3.05, 3.63) is 0 Å². The molecule has 3 rings (SSSR count). The minimum atomic E-state index is -0.847. The lowest BCUT2D eigenvalue weighted by molar-refractivity contribution is -0.317. The van der Waals surface area contributed by atoms with E-state index in [2.05, 4.69) is 0 Å². The van der Waals surface area contributed by atoms with Crippen molar-refractivity contribution in [2.75, 3.05) is 41.7 Å². The first kappa shape index (κ1) is 21.8. The second-order valence-electron chi connectivity index (χ2n) is 7.43. The first-order chi connectivity index (χ1) is 13.3. The Balaban J connectivity index is 1.67. The maximum Gasteiger partial charge on any atom is 0.338 e. The highest BCUT2D eigenvalue weighted by atomic mass is 16.8. The molecule has 0 aromatic rings. The van der Waals surface area contributed by atoms with Gasteiger partial charge in [0, 0.05) is 28.4 Å². The third-order valence-electron chi connectivity index (χ3n) is 5.16. The number of carbonyl (C=O) groups is 1. The van der Waals surface area contributed by atoms with Gasteiger partial charge in [-0.2, -0.15) is 0 Å². The van der Waals surface area contributed by atoms with Gasteiger partial charge in [-0.3, -0.25) is 0 Å². The maximum atomic E-state index is 12.1. The van der Waals surface area contributed by atoms with Crippen molar-refractivity contribution in [2.24, 2.45) is 0 Å². The van der Waals surface area contributed by atoms with E-state index < -0.39 is 60.8 Å². The smallest absolute Gasteiger partial charge is 0.338 e. The van der Waals surface area contributed by atoms with Gasteiger partial charge in [-0.15, -0.1) is 0 Å². The Kier molecular flexibility index (Phi) is 6.93. The Morgan fingerprint density at radius 2 is 1.57 bits per heavy atom. The van der Waals surface area contributed by atoms with E-state index >= 15 is 0 Å². The molecule has 5 unspecified atom stereocenters. The van der Waals surface area contributed by atoms with Crippen LogP contribution in [-0.4, -0.2) is 102 Å². The Labute approximate surface area is 164 Å². The molecule has 0 radical (unpaired) electrons. The summed E-state index contributed by atoms with van der Waals surface area (Å²) < 4.78 is 50.7. The van der Waals surface area contributed by atoms with E-state index in [1.807, 2.05) is 0 Å². The van der Waals surface area contributed by atoms with Crippen molar-refractivity contribution in [3.8, 4) is 0 Å². The predicted octanol–water partition coefficient (Wildman–Crippen LogP) is -0.135. The van der Waals surface area contributed by atoms with Crippen LogP contribution in [0.1, 0.15) is 13.8 Å². The predicted molar refractivity (Wildman–Crippen MR) is 92.6 cm³/mol. The van der Waals surface area contributed by atoms with Crippen LogP contribution in [-0.2, 0) is 47.4 Å². The molecule has 10 heteroatoms. The molecule has 3 saturated heterocycles. The lowest BCUT2D eigenvalue weighted by atomic mass is 9.98. The van der Waals surface area contributed by atoms with E-state index in [1.54, 1.807) is 42.3 Å². The third-order valence-corrected chi connectivity index (χ3v) is 5.16. The molecule has 10 nitrogen and oxygen atoms in total. The second kappa shape index (κ2) is 8.88. The van der Waals surface area contributed by atoms with Gasteiger partial charge < -0.3 is 42.6 Å². The van der Waals surface area contributed by atoms with Crippen molar-refractivity contribution in [1.82, 2.24) is 0 Å². The van der Waals surface area contributed by atoms with Gasteiger partial charge in [0.25, 0.3) is 0 Å². The van der Waals surface area contributed by atoms with Gasteiger partial charge in [0.05, 0.1) is 13.2 Å². The van der Waals surface area contributed by atoms with E-state index in [0.717, 1.165) is 0 Å². The zero-order valence-corrected chi connectivity index (χ0v) is 17.1. The summed E-state index contributed by atoms with van der Waals surface area (Å²) in [7, 11) is 6.27. The average Bonchev–Trinajstić information content (AvgIpc) is 3.13. The Morgan fingerprint density at radius 3 is 2.18 bits per heavy atom. The van der Waals surface area contributed by atoms with Gasteiger partial charge in [0.1, 0.15) is 30.5 Å². The van der Waals surface area contributed by atoms with E-state index in [1.165, 1.54) is 0 Å². The SMILES string of the molecule is COCC1OC(OC[C@H]2OC(=O)[C@H]3OC(C)(C)O[C@H]32)C(OC)C(OC)C1OC. The molecule has 0 saturated carbocycles. The number of cyclic esters (lactones) is 1. The summed E-state index contributed by atoms with van der Waals surface area (Å²) in [6, 6.07) is 0. The molecule has 0 aliphatic carbocycles. The fourth-order valence-corrected chi connectivity index (χ4v) is 3.96. The highest BCUT2D eigenvalue weighted by Gasteiger charge is 2.56. The summed E-state index contributed by atoms with van der Waals surface area (Å²) in [5.41, 5.74) is 0. The fourth-order valence-electron chi connectivity index (χ4n) is 3.96. The normalized spacial score (nSPS) is 42.4. The van der Waals surface area contributed by atoms with Crippen LogP contribution in [0, 0.1) is 0 Å². The third kappa shape index (κ3) is 4.19. The van der Waals surface area contributed by atoms with E-state index in [9.17, 15) is 4.79 Å². The lowest BCUT2D eigenvalue weighted by Gasteiger charge is -2.44. The van der Waals surface area contributed by atoms with Crippen molar-refractivity contribution in [2.45, 2.75) is 68.7 Å². The zero-order chi connectivity index (χ0) is 20.5. The minimum Gasteiger partial charge on any atom is -0.455 e. The highest BCUT2D eigenvalue weighted by Crippen LogP contribution is 2.36. The van der Waals surface area contributed by atoms with Gasteiger partial charge in [0.2, 0.25) is 0 Å². The molecule has 0 bridgehead atoms. The molecule has 3 aliphatic heterocycles. The number of fused-ring (bicyclic) bond motifs is 1. The largest absolute Gasteiger partial charge is 0.455 e. The van der Waals surface area contributed by atoms with Crippen molar-refractivity contribution >= 4 is 5.97 Å². The van der Waals surface area contributed by atoms with Crippen molar-refractivity contribution in [1.29, 1.82) is 0 Å². The first-order valence-electron chi connectivity index (χ1n) is 9.25. The van der Waals surface area contributed by atoms with E-state index in [4.69, 9.17) is 42.6 Å². The van der Waals surface area contributed by atoms with Crippen LogP contribution >= 0.6 is 0 Å². The number of methoxy groups -OCH3 is 4. The van der Waals surface area contributed by atoms with Crippen LogP contribution in [0.25, 0.3) is 0 Å². The molecule has 0 aromatic carbocycles. The Hall–Kier alpha value is -0.850. The molecule has 0 aromatic heterocycles. The lowest BCUT2D eigenvalue weighted by Crippen LogP contribution is -2.61. The summed E-state index contributed by atoms with van der Waals surface area (Å²) >= 11 is 0. The second-order valence-corrected chi connectivity index (χ2v) is 7.43. The Morgan fingerprint density at radius 1 is 0.893 bits per heavy atom. The van der Waals surface area contributed by atoms with Crippen molar-refractivity contribution < 1.29 is 47.4 Å². The molecule has 3 fully saturated rings. The van der Waals surface area contributed by atoms with Gasteiger partial charge in [0.15, 0.2) is 24.3 Å². The maximum absolute atomic E-state index is 12.1. The number of carbonyl (C=O) groups excluding carboxylic acids is 1.